The molecule has 1 aliphatic carbocycles. The van der Waals surface area contributed by atoms with Crippen molar-refractivity contribution < 1.29 is 24.2 Å². The van der Waals surface area contributed by atoms with Crippen LogP contribution in [0.3, 0.4) is 0 Å². The van der Waals surface area contributed by atoms with Gasteiger partial charge < -0.3 is 20.5 Å². The highest BCUT2D eigenvalue weighted by Crippen LogP contribution is 2.44. The molecule has 0 bridgehead atoms. The number of nitrogens with one attached hydrogen (secondary N) is 2. The Morgan fingerprint density at radius 3 is 1.97 bits per heavy atom. The van der Waals surface area contributed by atoms with Gasteiger partial charge in [0, 0.05) is 19.0 Å². The summed E-state index contributed by atoms with van der Waals surface area (Å²) in [6.07, 6.45) is -0.630. The number of ether oxygens (including phenoxy) is 1. The second-order valence-corrected chi connectivity index (χ2v) is 9.98. The van der Waals surface area contributed by atoms with Crippen molar-refractivity contribution in [2.24, 2.45) is 10.8 Å². The maximum atomic E-state index is 12.6. The smallest absolute Gasteiger partial charge is 0.407 e. The van der Waals surface area contributed by atoms with Crippen molar-refractivity contribution in [1.82, 2.24) is 10.6 Å². The summed E-state index contributed by atoms with van der Waals surface area (Å²) in [5.41, 5.74) is 3.13. The number of hydrogen-bond acceptors (Lipinski definition) is 4. The number of carbonyl (C=O) groups excluding carboxylic acids is 2. The molecular formula is C26H32N2O5. The number of rotatable bonds is 9. The molecule has 0 radical (unpaired) electrons. The van der Waals surface area contributed by atoms with Crippen molar-refractivity contribution in [2.45, 2.75) is 40.0 Å². The van der Waals surface area contributed by atoms with Crippen LogP contribution < -0.4 is 10.6 Å². The first-order valence-electron chi connectivity index (χ1n) is 11.1. The van der Waals surface area contributed by atoms with Gasteiger partial charge in [0.15, 0.2) is 0 Å². The number of fused-ring (bicyclic) bond motifs is 3. The van der Waals surface area contributed by atoms with E-state index < -0.39 is 22.9 Å². The Kier molecular flexibility index (Phi) is 7.10. The Morgan fingerprint density at radius 1 is 0.879 bits per heavy atom. The van der Waals surface area contributed by atoms with Crippen molar-refractivity contribution in [3.05, 3.63) is 59.7 Å². The summed E-state index contributed by atoms with van der Waals surface area (Å²) in [7, 11) is 0. The van der Waals surface area contributed by atoms with Gasteiger partial charge in [-0.05, 0) is 41.5 Å². The third-order valence-corrected chi connectivity index (χ3v) is 5.99. The van der Waals surface area contributed by atoms with Crippen LogP contribution >= 0.6 is 0 Å². The fourth-order valence-electron chi connectivity index (χ4n) is 4.05. The first-order valence-corrected chi connectivity index (χ1v) is 11.1. The lowest BCUT2D eigenvalue weighted by molar-refractivity contribution is -0.140. The van der Waals surface area contributed by atoms with E-state index in [0.29, 0.717) is 0 Å². The molecule has 0 atom stereocenters. The fourth-order valence-corrected chi connectivity index (χ4v) is 4.05. The molecule has 2 amide bonds. The van der Waals surface area contributed by atoms with Gasteiger partial charge >= 0.3 is 12.1 Å². The van der Waals surface area contributed by atoms with Crippen molar-refractivity contribution >= 4 is 18.0 Å². The fraction of sp³-hybridized carbons (Fsp3) is 0.423. The number of benzene rings is 2. The van der Waals surface area contributed by atoms with Gasteiger partial charge in [-0.1, -0.05) is 62.4 Å². The third-order valence-electron chi connectivity index (χ3n) is 5.99. The molecule has 3 N–H and O–H groups in total. The zero-order valence-electron chi connectivity index (χ0n) is 19.6. The van der Waals surface area contributed by atoms with E-state index in [1.54, 1.807) is 27.7 Å². The molecule has 176 valence electrons. The zero-order chi connectivity index (χ0) is 24.2. The number of carboxylic acid groups (broad SMARTS) is 1. The Balaban J connectivity index is 1.52. The van der Waals surface area contributed by atoms with Crippen LogP contribution in [0.5, 0.6) is 0 Å². The largest absolute Gasteiger partial charge is 0.481 e. The molecule has 0 aromatic heterocycles. The van der Waals surface area contributed by atoms with E-state index in [9.17, 15) is 14.4 Å². The molecule has 2 aromatic rings. The lowest BCUT2D eigenvalue weighted by Gasteiger charge is -2.28. The summed E-state index contributed by atoms with van der Waals surface area (Å²) in [6.45, 7) is 7.52. The van der Waals surface area contributed by atoms with Crippen LogP contribution in [0, 0.1) is 10.8 Å². The molecule has 3 rings (SSSR count). The van der Waals surface area contributed by atoms with E-state index in [0.717, 1.165) is 22.3 Å². The first-order chi connectivity index (χ1) is 15.5. The van der Waals surface area contributed by atoms with Crippen LogP contribution in [0.1, 0.15) is 51.2 Å². The molecular weight excluding hydrogens is 420 g/mol. The molecule has 2 aromatic carbocycles. The molecule has 33 heavy (non-hydrogen) atoms. The van der Waals surface area contributed by atoms with Crippen LogP contribution in [-0.4, -0.2) is 42.8 Å². The van der Waals surface area contributed by atoms with Gasteiger partial charge in [0.05, 0.1) is 11.8 Å². The van der Waals surface area contributed by atoms with Gasteiger partial charge in [0.25, 0.3) is 0 Å². The first kappa shape index (κ1) is 24.3. The second-order valence-electron chi connectivity index (χ2n) is 9.98. The minimum atomic E-state index is -0.912. The predicted molar refractivity (Wildman–Crippen MR) is 126 cm³/mol. The maximum absolute atomic E-state index is 12.6. The van der Waals surface area contributed by atoms with Gasteiger partial charge in [-0.25, -0.2) is 4.79 Å². The van der Waals surface area contributed by atoms with Crippen molar-refractivity contribution in [2.75, 3.05) is 19.7 Å². The summed E-state index contributed by atoms with van der Waals surface area (Å²) in [6, 6.07) is 16.2. The average molecular weight is 453 g/mol. The lowest BCUT2D eigenvalue weighted by Crippen LogP contribution is -2.47. The predicted octanol–water partition coefficient (Wildman–Crippen LogP) is 4.17. The SMILES string of the molecule is CC(C)(CNC(=O)C(C)(C)CNC(=O)OCC1c2ccccc2-c2ccccc21)CC(=O)O. The van der Waals surface area contributed by atoms with Crippen LogP contribution in [0.2, 0.25) is 0 Å². The van der Waals surface area contributed by atoms with Crippen molar-refractivity contribution in [3.63, 3.8) is 0 Å². The zero-order valence-corrected chi connectivity index (χ0v) is 19.6. The number of carboxylic acids is 1. The van der Waals surface area contributed by atoms with Gasteiger partial charge in [0.1, 0.15) is 6.61 Å². The Hall–Kier alpha value is -3.35. The van der Waals surface area contributed by atoms with Crippen molar-refractivity contribution in [3.8, 4) is 11.1 Å². The van der Waals surface area contributed by atoms with E-state index in [4.69, 9.17) is 9.84 Å². The average Bonchev–Trinajstić information content (AvgIpc) is 3.07. The molecule has 0 fully saturated rings. The van der Waals surface area contributed by atoms with Crippen LogP contribution in [0.25, 0.3) is 11.1 Å². The summed E-state index contributed by atoms with van der Waals surface area (Å²) >= 11 is 0. The Bertz CT molecular complexity index is 999. The molecule has 0 saturated heterocycles. The molecule has 0 aliphatic heterocycles. The minimum Gasteiger partial charge on any atom is -0.481 e. The summed E-state index contributed by atoms with van der Waals surface area (Å²) in [4.78, 5) is 36.0. The molecule has 0 spiro atoms. The number of hydrogen-bond donors (Lipinski definition) is 3. The van der Waals surface area contributed by atoms with E-state index in [-0.39, 0.29) is 37.9 Å². The Labute approximate surface area is 194 Å². The number of amides is 2. The highest BCUT2D eigenvalue weighted by Gasteiger charge is 2.32. The molecule has 0 saturated carbocycles. The van der Waals surface area contributed by atoms with E-state index in [1.807, 2.05) is 24.3 Å². The quantitative estimate of drug-likeness (QED) is 0.530. The summed E-state index contributed by atoms with van der Waals surface area (Å²) in [5.74, 6) is -1.21. The van der Waals surface area contributed by atoms with Crippen LogP contribution in [0.15, 0.2) is 48.5 Å². The number of aliphatic carboxylic acids is 1. The standard InChI is InChI=1S/C26H32N2O5/c1-25(2,13-22(29)30)15-27-23(31)26(3,4)16-28-24(32)33-14-21-19-11-7-5-9-17(19)18-10-6-8-12-20(18)21/h5-12,21H,13-16H2,1-4H3,(H,27,31)(H,28,32)(H,29,30). The van der Waals surface area contributed by atoms with Gasteiger partial charge in [-0.3, -0.25) is 9.59 Å². The number of carbonyl (C=O) groups is 3. The third kappa shape index (κ3) is 5.92. The molecule has 0 unspecified atom stereocenters. The van der Waals surface area contributed by atoms with Crippen LogP contribution in [0.4, 0.5) is 4.79 Å². The van der Waals surface area contributed by atoms with Crippen LogP contribution in [-0.2, 0) is 14.3 Å². The molecule has 1 aliphatic rings. The summed E-state index contributed by atoms with van der Waals surface area (Å²) < 4.78 is 5.53. The van der Waals surface area contributed by atoms with Gasteiger partial charge in [0.2, 0.25) is 5.91 Å². The molecule has 7 nitrogen and oxygen atoms in total. The van der Waals surface area contributed by atoms with E-state index in [1.165, 1.54) is 0 Å². The van der Waals surface area contributed by atoms with Gasteiger partial charge in [-0.15, -0.1) is 0 Å². The monoisotopic (exact) mass is 452 g/mol. The second kappa shape index (κ2) is 9.65. The minimum absolute atomic E-state index is 0.0316. The van der Waals surface area contributed by atoms with E-state index >= 15 is 0 Å². The number of alkyl carbamates (subject to hydrolysis) is 1. The molecule has 0 heterocycles. The lowest BCUT2D eigenvalue weighted by atomic mass is 9.87. The van der Waals surface area contributed by atoms with Gasteiger partial charge in [-0.2, -0.15) is 0 Å². The Morgan fingerprint density at radius 2 is 1.42 bits per heavy atom. The topological polar surface area (TPSA) is 105 Å². The summed E-state index contributed by atoms with van der Waals surface area (Å²) in [5, 5.41) is 14.5. The highest BCUT2D eigenvalue weighted by molar-refractivity contribution is 5.83. The maximum Gasteiger partial charge on any atom is 0.407 e. The molecule has 7 heteroatoms. The normalized spacial score (nSPS) is 13.1. The highest BCUT2D eigenvalue weighted by atomic mass is 16.5. The van der Waals surface area contributed by atoms with Crippen molar-refractivity contribution in [1.29, 1.82) is 0 Å². The van der Waals surface area contributed by atoms with E-state index in [2.05, 4.69) is 34.9 Å².